The van der Waals surface area contributed by atoms with Crippen molar-refractivity contribution in [3.05, 3.63) is 35.1 Å². The standard InChI is InChI=1S/C20H25NO4Si/c1-19(2,3)26(4,5)25-13-9-6-8-12-15(13)17-16-14(24-21-17)10-7-11-20(16,23)18(12)22/h6,8-9,23H,7,10-11H2,1-5H3. The Morgan fingerprint density at radius 3 is 2.73 bits per heavy atom. The van der Waals surface area contributed by atoms with E-state index >= 15 is 0 Å². The van der Waals surface area contributed by atoms with Crippen LogP contribution in [0.4, 0.5) is 0 Å². The average molecular weight is 372 g/mol. The zero-order valence-electron chi connectivity index (χ0n) is 16.0. The molecule has 0 saturated carbocycles. The molecule has 1 aromatic heterocycles. The second-order valence-electron chi connectivity index (χ2n) is 8.91. The quantitative estimate of drug-likeness (QED) is 0.790. The molecule has 2 aliphatic rings. The van der Waals surface area contributed by atoms with Crippen molar-refractivity contribution in [1.29, 1.82) is 0 Å². The lowest BCUT2D eigenvalue weighted by Gasteiger charge is -2.38. The topological polar surface area (TPSA) is 72.6 Å². The van der Waals surface area contributed by atoms with Crippen LogP contribution in [0, 0.1) is 0 Å². The number of aryl methyl sites for hydroxylation is 1. The van der Waals surface area contributed by atoms with Crippen LogP contribution in [-0.2, 0) is 12.0 Å². The number of rotatable bonds is 2. The number of ketones is 1. The summed E-state index contributed by atoms with van der Waals surface area (Å²) >= 11 is 0. The summed E-state index contributed by atoms with van der Waals surface area (Å²) in [5.74, 6) is 1.01. The van der Waals surface area contributed by atoms with Gasteiger partial charge in [-0.15, -0.1) is 0 Å². The van der Waals surface area contributed by atoms with E-state index in [1.165, 1.54) is 0 Å². The van der Waals surface area contributed by atoms with Crippen molar-refractivity contribution in [3.63, 3.8) is 0 Å². The predicted molar refractivity (Wildman–Crippen MR) is 101 cm³/mol. The zero-order chi connectivity index (χ0) is 18.9. The van der Waals surface area contributed by atoms with Crippen molar-refractivity contribution in [1.82, 2.24) is 5.16 Å². The Hall–Kier alpha value is -1.92. The Morgan fingerprint density at radius 2 is 2.04 bits per heavy atom. The Labute approximate surface area is 154 Å². The van der Waals surface area contributed by atoms with Gasteiger partial charge in [-0.25, -0.2) is 0 Å². The fourth-order valence-electron chi connectivity index (χ4n) is 3.65. The molecule has 0 aliphatic heterocycles. The van der Waals surface area contributed by atoms with E-state index in [0.29, 0.717) is 53.2 Å². The first-order chi connectivity index (χ1) is 12.1. The Bertz CT molecular complexity index is 909. The van der Waals surface area contributed by atoms with Crippen LogP contribution in [-0.4, -0.2) is 24.4 Å². The summed E-state index contributed by atoms with van der Waals surface area (Å²) < 4.78 is 12.0. The molecule has 2 aliphatic carbocycles. The molecule has 138 valence electrons. The van der Waals surface area contributed by atoms with Crippen LogP contribution in [0.2, 0.25) is 18.1 Å². The number of fused-ring (bicyclic) bond motifs is 2. The number of aromatic nitrogens is 1. The summed E-state index contributed by atoms with van der Waals surface area (Å²) in [6.45, 7) is 10.9. The fourth-order valence-corrected chi connectivity index (χ4v) is 4.68. The Kier molecular flexibility index (Phi) is 3.56. The number of aliphatic hydroxyl groups is 1. The lowest BCUT2D eigenvalue weighted by molar-refractivity contribution is 0.0186. The number of benzene rings is 1. The van der Waals surface area contributed by atoms with Crippen molar-refractivity contribution < 1.29 is 18.9 Å². The lowest BCUT2D eigenvalue weighted by atomic mass is 9.71. The van der Waals surface area contributed by atoms with Gasteiger partial charge in [-0.2, -0.15) is 0 Å². The molecular weight excluding hydrogens is 346 g/mol. The highest BCUT2D eigenvalue weighted by Crippen LogP contribution is 2.51. The number of hydrogen-bond acceptors (Lipinski definition) is 5. The van der Waals surface area contributed by atoms with E-state index in [1.54, 1.807) is 6.07 Å². The molecule has 0 fully saturated rings. The van der Waals surface area contributed by atoms with Gasteiger partial charge in [0.2, 0.25) is 0 Å². The lowest BCUT2D eigenvalue weighted by Crippen LogP contribution is -2.45. The monoisotopic (exact) mass is 371 g/mol. The largest absolute Gasteiger partial charge is 0.543 e. The Balaban J connectivity index is 1.93. The predicted octanol–water partition coefficient (Wildman–Crippen LogP) is 4.45. The van der Waals surface area contributed by atoms with Crippen LogP contribution < -0.4 is 4.43 Å². The third kappa shape index (κ3) is 2.25. The molecule has 26 heavy (non-hydrogen) atoms. The maximum atomic E-state index is 13.2. The van der Waals surface area contributed by atoms with Gasteiger partial charge in [0.1, 0.15) is 17.2 Å². The van der Waals surface area contributed by atoms with Crippen LogP contribution >= 0.6 is 0 Å². The third-order valence-electron chi connectivity index (χ3n) is 6.17. The van der Waals surface area contributed by atoms with Crippen LogP contribution in [0.15, 0.2) is 22.7 Å². The number of hydrogen-bond donors (Lipinski definition) is 1. The zero-order valence-corrected chi connectivity index (χ0v) is 17.0. The van der Waals surface area contributed by atoms with Crippen molar-refractivity contribution in [2.24, 2.45) is 0 Å². The normalized spacial score (nSPS) is 22.0. The number of carbonyl (C=O) groups excluding carboxylic acids is 1. The molecule has 1 N–H and O–H groups in total. The molecule has 2 aromatic rings. The van der Waals surface area contributed by atoms with E-state index in [0.717, 1.165) is 0 Å². The summed E-state index contributed by atoms with van der Waals surface area (Å²) in [7, 11) is -2.10. The van der Waals surface area contributed by atoms with Gasteiger partial charge in [0, 0.05) is 12.0 Å². The van der Waals surface area contributed by atoms with Gasteiger partial charge >= 0.3 is 0 Å². The molecule has 6 heteroatoms. The molecule has 1 aromatic carbocycles. The number of Topliss-reactive ketones (excluding diaryl/α,β-unsaturated/α-hetero) is 1. The van der Waals surface area contributed by atoms with Crippen LogP contribution in [0.5, 0.6) is 5.75 Å². The Morgan fingerprint density at radius 1 is 1.31 bits per heavy atom. The second-order valence-corrected chi connectivity index (χ2v) is 13.6. The van der Waals surface area contributed by atoms with Crippen LogP contribution in [0.1, 0.15) is 55.3 Å². The van der Waals surface area contributed by atoms with Crippen LogP contribution in [0.25, 0.3) is 11.3 Å². The van der Waals surface area contributed by atoms with Gasteiger partial charge in [0.25, 0.3) is 8.32 Å². The van der Waals surface area contributed by atoms with Crippen molar-refractivity contribution in [2.45, 2.75) is 63.8 Å². The van der Waals surface area contributed by atoms with E-state index in [2.05, 4.69) is 39.0 Å². The minimum atomic E-state index is -2.10. The molecule has 0 bridgehead atoms. The van der Waals surface area contributed by atoms with Crippen molar-refractivity contribution in [3.8, 4) is 17.0 Å². The molecule has 4 rings (SSSR count). The third-order valence-corrected chi connectivity index (χ3v) is 10.5. The molecule has 0 radical (unpaired) electrons. The molecule has 5 nitrogen and oxygen atoms in total. The molecule has 0 amide bonds. The minimum Gasteiger partial charge on any atom is -0.543 e. The van der Waals surface area contributed by atoms with E-state index in [-0.39, 0.29) is 10.8 Å². The maximum absolute atomic E-state index is 13.2. The first-order valence-corrected chi connectivity index (χ1v) is 12.1. The van der Waals surface area contributed by atoms with Crippen molar-refractivity contribution in [2.75, 3.05) is 0 Å². The van der Waals surface area contributed by atoms with Gasteiger partial charge in [-0.05, 0) is 37.0 Å². The molecule has 0 spiro atoms. The maximum Gasteiger partial charge on any atom is 0.250 e. The van der Waals surface area contributed by atoms with E-state index in [4.69, 9.17) is 8.95 Å². The van der Waals surface area contributed by atoms with Crippen molar-refractivity contribution >= 4 is 14.1 Å². The molecule has 0 saturated heterocycles. The van der Waals surface area contributed by atoms with Gasteiger partial charge in [-0.3, -0.25) is 4.79 Å². The van der Waals surface area contributed by atoms with Gasteiger partial charge < -0.3 is 14.1 Å². The summed E-state index contributed by atoms with van der Waals surface area (Å²) in [5.41, 5.74) is 0.724. The highest BCUT2D eigenvalue weighted by atomic mass is 28.4. The second kappa shape index (κ2) is 5.30. The van der Waals surface area contributed by atoms with E-state index < -0.39 is 13.9 Å². The molecule has 1 unspecified atom stereocenters. The fraction of sp³-hybridized carbons (Fsp3) is 0.500. The highest BCUT2D eigenvalue weighted by molar-refractivity contribution is 6.74. The summed E-state index contributed by atoms with van der Waals surface area (Å²) in [4.78, 5) is 13.2. The molecule has 1 heterocycles. The summed E-state index contributed by atoms with van der Waals surface area (Å²) in [6.07, 6.45) is 1.80. The summed E-state index contributed by atoms with van der Waals surface area (Å²) in [5, 5.41) is 15.4. The van der Waals surface area contributed by atoms with E-state index in [1.807, 2.05) is 12.1 Å². The first-order valence-electron chi connectivity index (χ1n) is 9.15. The number of carbonyl (C=O) groups is 1. The smallest absolute Gasteiger partial charge is 0.250 e. The molecular formula is C20H25NO4Si. The van der Waals surface area contributed by atoms with Gasteiger partial charge in [-0.1, -0.05) is 38.1 Å². The van der Waals surface area contributed by atoms with Gasteiger partial charge in [0.05, 0.1) is 11.1 Å². The highest BCUT2D eigenvalue weighted by Gasteiger charge is 2.51. The average Bonchev–Trinajstić information content (AvgIpc) is 2.97. The minimum absolute atomic E-state index is 0.0262. The SMILES string of the molecule is CC(C)(C)[Si](C)(C)Oc1cccc2c1-c1noc3c1C(O)(CCC3)C2=O. The molecule has 1 atom stereocenters. The van der Waals surface area contributed by atoms with Gasteiger partial charge in [0.15, 0.2) is 11.4 Å². The first kappa shape index (κ1) is 17.5. The van der Waals surface area contributed by atoms with E-state index in [9.17, 15) is 9.90 Å². The summed E-state index contributed by atoms with van der Waals surface area (Å²) in [6, 6.07) is 5.46. The van der Waals surface area contributed by atoms with Crippen LogP contribution in [0.3, 0.4) is 0 Å². The number of nitrogens with zero attached hydrogens (tertiary/aromatic N) is 1.